The SMILES string of the molecule is COc1cc(Cl)c(C)cc1NC(=O)CNc1ccc(-n2cc(CO)nn2)cc1. The molecule has 2 aromatic carbocycles. The number of ether oxygens (including phenoxy) is 1. The third-order valence-electron chi connectivity index (χ3n) is 4.04. The summed E-state index contributed by atoms with van der Waals surface area (Å²) < 4.78 is 6.83. The molecule has 0 saturated carbocycles. The van der Waals surface area contributed by atoms with E-state index in [9.17, 15) is 4.79 Å². The Morgan fingerprint density at radius 1 is 1.29 bits per heavy atom. The molecule has 0 unspecified atom stereocenters. The molecule has 0 radical (unpaired) electrons. The van der Waals surface area contributed by atoms with Gasteiger partial charge in [-0.2, -0.15) is 0 Å². The van der Waals surface area contributed by atoms with Crippen LogP contribution in [-0.2, 0) is 11.4 Å². The summed E-state index contributed by atoms with van der Waals surface area (Å²) in [5.74, 6) is 0.288. The number of anilines is 2. The van der Waals surface area contributed by atoms with E-state index in [0.717, 1.165) is 16.9 Å². The minimum atomic E-state index is -0.215. The maximum Gasteiger partial charge on any atom is 0.243 e. The summed E-state index contributed by atoms with van der Waals surface area (Å²) in [4.78, 5) is 12.3. The first-order valence-electron chi connectivity index (χ1n) is 8.50. The smallest absolute Gasteiger partial charge is 0.243 e. The van der Waals surface area contributed by atoms with E-state index in [1.165, 1.54) is 7.11 Å². The molecule has 0 aliphatic carbocycles. The van der Waals surface area contributed by atoms with Gasteiger partial charge in [0.05, 0.1) is 37.8 Å². The van der Waals surface area contributed by atoms with Gasteiger partial charge in [-0.25, -0.2) is 4.68 Å². The van der Waals surface area contributed by atoms with Gasteiger partial charge in [0.15, 0.2) is 0 Å². The summed E-state index contributed by atoms with van der Waals surface area (Å²) in [6.45, 7) is 1.78. The molecule has 1 aromatic heterocycles. The van der Waals surface area contributed by atoms with Gasteiger partial charge in [0.2, 0.25) is 5.91 Å². The number of hydrogen-bond acceptors (Lipinski definition) is 6. The number of carbonyl (C=O) groups excluding carboxylic acids is 1. The topological polar surface area (TPSA) is 101 Å². The first-order valence-corrected chi connectivity index (χ1v) is 8.88. The van der Waals surface area contributed by atoms with E-state index >= 15 is 0 Å². The van der Waals surface area contributed by atoms with Gasteiger partial charge in [-0.15, -0.1) is 5.10 Å². The first kappa shape index (κ1) is 19.7. The van der Waals surface area contributed by atoms with E-state index in [1.54, 1.807) is 23.0 Å². The van der Waals surface area contributed by atoms with E-state index in [-0.39, 0.29) is 19.1 Å². The lowest BCUT2D eigenvalue weighted by atomic mass is 10.2. The average molecular weight is 402 g/mol. The van der Waals surface area contributed by atoms with Gasteiger partial charge in [0, 0.05) is 16.8 Å². The molecule has 0 spiro atoms. The number of aryl methyl sites for hydroxylation is 1. The molecule has 0 aliphatic rings. The number of carbonyl (C=O) groups is 1. The highest BCUT2D eigenvalue weighted by Gasteiger charge is 2.10. The third kappa shape index (κ3) is 4.59. The minimum Gasteiger partial charge on any atom is -0.495 e. The number of hydrogen-bond donors (Lipinski definition) is 3. The summed E-state index contributed by atoms with van der Waals surface area (Å²) >= 11 is 6.08. The molecule has 0 bridgehead atoms. The van der Waals surface area contributed by atoms with Gasteiger partial charge in [-0.1, -0.05) is 16.8 Å². The molecule has 3 aromatic rings. The predicted octanol–water partition coefficient (Wildman–Crippen LogP) is 2.78. The van der Waals surface area contributed by atoms with Crippen LogP contribution in [0.5, 0.6) is 5.75 Å². The van der Waals surface area contributed by atoms with Crippen LogP contribution < -0.4 is 15.4 Å². The molecule has 3 rings (SSSR count). The molecule has 0 saturated heterocycles. The number of rotatable bonds is 7. The van der Waals surface area contributed by atoms with Crippen molar-refractivity contribution in [1.29, 1.82) is 0 Å². The Bertz CT molecular complexity index is 972. The van der Waals surface area contributed by atoms with Crippen LogP contribution in [0.2, 0.25) is 5.02 Å². The highest BCUT2D eigenvalue weighted by molar-refractivity contribution is 6.31. The predicted molar refractivity (Wildman–Crippen MR) is 107 cm³/mol. The molecule has 3 N–H and O–H groups in total. The second-order valence-electron chi connectivity index (χ2n) is 6.06. The number of aromatic nitrogens is 3. The molecule has 1 amide bonds. The fourth-order valence-electron chi connectivity index (χ4n) is 2.54. The summed E-state index contributed by atoms with van der Waals surface area (Å²) in [6.07, 6.45) is 1.65. The van der Waals surface area contributed by atoms with Crippen LogP contribution in [0.4, 0.5) is 11.4 Å². The Labute approximate surface area is 167 Å². The third-order valence-corrected chi connectivity index (χ3v) is 4.45. The van der Waals surface area contributed by atoms with Crippen LogP contribution in [0.25, 0.3) is 5.69 Å². The molecule has 28 heavy (non-hydrogen) atoms. The van der Waals surface area contributed by atoms with Gasteiger partial charge in [-0.3, -0.25) is 4.79 Å². The lowest BCUT2D eigenvalue weighted by Crippen LogP contribution is -2.22. The Morgan fingerprint density at radius 2 is 2.04 bits per heavy atom. The quantitative estimate of drug-likeness (QED) is 0.562. The summed E-state index contributed by atoms with van der Waals surface area (Å²) in [5, 5.41) is 23.3. The van der Waals surface area contributed by atoms with Crippen LogP contribution in [0.15, 0.2) is 42.6 Å². The summed E-state index contributed by atoms with van der Waals surface area (Å²) in [7, 11) is 1.52. The van der Waals surface area contributed by atoms with Crippen LogP contribution in [0.1, 0.15) is 11.3 Å². The van der Waals surface area contributed by atoms with Crippen molar-refractivity contribution < 1.29 is 14.6 Å². The number of aliphatic hydroxyl groups is 1. The molecule has 0 fully saturated rings. The van der Waals surface area contributed by atoms with Crippen molar-refractivity contribution in [3.8, 4) is 11.4 Å². The molecule has 0 atom stereocenters. The van der Waals surface area contributed by atoms with E-state index in [4.69, 9.17) is 21.4 Å². The highest BCUT2D eigenvalue weighted by atomic mass is 35.5. The fraction of sp³-hybridized carbons (Fsp3) is 0.211. The first-order chi connectivity index (χ1) is 13.5. The highest BCUT2D eigenvalue weighted by Crippen LogP contribution is 2.30. The molecule has 8 nitrogen and oxygen atoms in total. The molecule has 146 valence electrons. The number of benzene rings is 2. The summed E-state index contributed by atoms with van der Waals surface area (Å²) in [6, 6.07) is 10.8. The molecule has 1 heterocycles. The lowest BCUT2D eigenvalue weighted by Gasteiger charge is -2.13. The Morgan fingerprint density at radius 3 is 2.68 bits per heavy atom. The zero-order valence-corrected chi connectivity index (χ0v) is 16.2. The normalized spacial score (nSPS) is 10.6. The Kier molecular flexibility index (Phi) is 6.13. The second kappa shape index (κ2) is 8.73. The van der Waals surface area contributed by atoms with Crippen molar-refractivity contribution in [2.45, 2.75) is 13.5 Å². The lowest BCUT2D eigenvalue weighted by molar-refractivity contribution is -0.114. The number of nitrogens with zero attached hydrogens (tertiary/aromatic N) is 3. The van der Waals surface area contributed by atoms with Crippen molar-refractivity contribution in [3.63, 3.8) is 0 Å². The molecule has 0 aliphatic heterocycles. The van der Waals surface area contributed by atoms with Crippen LogP contribution in [0, 0.1) is 6.92 Å². The van der Waals surface area contributed by atoms with Crippen molar-refractivity contribution in [2.75, 3.05) is 24.3 Å². The van der Waals surface area contributed by atoms with Crippen LogP contribution >= 0.6 is 11.6 Å². The van der Waals surface area contributed by atoms with E-state index in [0.29, 0.717) is 22.2 Å². The molecular formula is C19H20ClN5O3. The largest absolute Gasteiger partial charge is 0.495 e. The number of nitrogens with one attached hydrogen (secondary N) is 2. The molecular weight excluding hydrogens is 382 g/mol. The van der Waals surface area contributed by atoms with Crippen molar-refractivity contribution in [3.05, 3.63) is 58.9 Å². The van der Waals surface area contributed by atoms with Crippen LogP contribution in [0.3, 0.4) is 0 Å². The van der Waals surface area contributed by atoms with Crippen LogP contribution in [-0.4, -0.2) is 39.7 Å². The summed E-state index contributed by atoms with van der Waals surface area (Å²) in [5.41, 5.74) is 3.48. The fourth-order valence-corrected chi connectivity index (χ4v) is 2.69. The maximum atomic E-state index is 12.3. The Balaban J connectivity index is 1.60. The van der Waals surface area contributed by atoms with Gasteiger partial charge >= 0.3 is 0 Å². The monoisotopic (exact) mass is 401 g/mol. The molecule has 9 heteroatoms. The van der Waals surface area contributed by atoms with Crippen molar-refractivity contribution >= 4 is 28.9 Å². The zero-order chi connectivity index (χ0) is 20.1. The second-order valence-corrected chi connectivity index (χ2v) is 6.47. The average Bonchev–Trinajstić information content (AvgIpc) is 3.18. The van der Waals surface area contributed by atoms with E-state index in [1.807, 2.05) is 31.2 Å². The minimum absolute atomic E-state index is 0.0855. The number of aliphatic hydroxyl groups excluding tert-OH is 1. The zero-order valence-electron chi connectivity index (χ0n) is 15.4. The van der Waals surface area contributed by atoms with Crippen molar-refractivity contribution in [2.24, 2.45) is 0 Å². The number of amides is 1. The van der Waals surface area contributed by atoms with E-state index in [2.05, 4.69) is 20.9 Å². The van der Waals surface area contributed by atoms with Gasteiger partial charge in [-0.05, 0) is 42.8 Å². The van der Waals surface area contributed by atoms with Gasteiger partial charge in [0.1, 0.15) is 11.4 Å². The van der Waals surface area contributed by atoms with Gasteiger partial charge < -0.3 is 20.5 Å². The standard InChI is InChI=1S/C19H20ClN5O3/c1-12-7-17(18(28-2)8-16(12)20)22-19(27)9-21-13-3-5-15(6-4-13)25-10-14(11-26)23-24-25/h3-8,10,21,26H,9,11H2,1-2H3,(H,22,27). The maximum absolute atomic E-state index is 12.3. The Hall–Kier alpha value is -3.10. The van der Waals surface area contributed by atoms with Crippen molar-refractivity contribution in [1.82, 2.24) is 15.0 Å². The number of methoxy groups -OCH3 is 1. The van der Waals surface area contributed by atoms with Gasteiger partial charge in [0.25, 0.3) is 0 Å². The number of halogens is 1. The van der Waals surface area contributed by atoms with E-state index < -0.39 is 0 Å².